The van der Waals surface area contributed by atoms with Crippen LogP contribution >= 0.6 is 0 Å². The van der Waals surface area contributed by atoms with Crippen LogP contribution in [0.15, 0.2) is 30.3 Å². The summed E-state index contributed by atoms with van der Waals surface area (Å²) in [4.78, 5) is 30.1. The minimum absolute atomic E-state index is 0.185. The Hall–Kier alpha value is -2.90. The monoisotopic (exact) mass is 365 g/mol. The Morgan fingerprint density at radius 3 is 2.50 bits per heavy atom. The van der Waals surface area contributed by atoms with Crippen LogP contribution in [0.5, 0.6) is 0 Å². The van der Waals surface area contributed by atoms with E-state index in [1.54, 1.807) is 19.1 Å². The second-order valence-corrected chi connectivity index (χ2v) is 5.66. The van der Waals surface area contributed by atoms with Crippen LogP contribution in [0, 0.1) is 24.4 Å². The molecular weight excluding hydrogens is 347 g/mol. The van der Waals surface area contributed by atoms with Crippen molar-refractivity contribution >= 4 is 17.5 Å². The van der Waals surface area contributed by atoms with Gasteiger partial charge in [0, 0.05) is 12.2 Å². The third kappa shape index (κ3) is 4.59. The number of carbonyl (C=O) groups is 2. The fourth-order valence-electron chi connectivity index (χ4n) is 2.33. The van der Waals surface area contributed by atoms with Crippen molar-refractivity contribution in [2.24, 2.45) is 0 Å². The van der Waals surface area contributed by atoms with Gasteiger partial charge in [0.05, 0.1) is 5.69 Å². The van der Waals surface area contributed by atoms with Crippen LogP contribution < -0.4 is 5.32 Å². The third-order valence-corrected chi connectivity index (χ3v) is 3.53. The maximum absolute atomic E-state index is 13.7. The van der Waals surface area contributed by atoms with Crippen LogP contribution in [0.1, 0.15) is 29.5 Å². The summed E-state index contributed by atoms with van der Waals surface area (Å²) in [5.41, 5.74) is 0.345. The van der Waals surface area contributed by atoms with Crippen molar-refractivity contribution in [1.29, 1.82) is 0 Å². The van der Waals surface area contributed by atoms with E-state index in [-0.39, 0.29) is 18.8 Å². The van der Waals surface area contributed by atoms with Crippen LogP contribution in [0.4, 0.5) is 18.9 Å². The Morgan fingerprint density at radius 2 is 1.85 bits per heavy atom. The quantitative estimate of drug-likeness (QED) is 0.799. The molecule has 5 nitrogen and oxygen atoms in total. The van der Waals surface area contributed by atoms with Gasteiger partial charge in [0.1, 0.15) is 12.2 Å². The highest BCUT2D eigenvalue weighted by Crippen LogP contribution is 2.19. The number of anilines is 1. The summed E-state index contributed by atoms with van der Waals surface area (Å²) in [6.45, 7) is 3.47. The minimum Gasteiger partial charge on any atom is -0.328 e. The topological polar surface area (TPSA) is 62.3 Å². The molecule has 0 fully saturated rings. The number of aromatic nitrogens is 1. The van der Waals surface area contributed by atoms with Gasteiger partial charge in [0.2, 0.25) is 5.91 Å². The molecule has 0 atom stereocenters. The lowest BCUT2D eigenvalue weighted by Crippen LogP contribution is -2.39. The van der Waals surface area contributed by atoms with Gasteiger partial charge in [0.15, 0.2) is 17.5 Å². The van der Waals surface area contributed by atoms with Gasteiger partial charge in [-0.25, -0.2) is 18.2 Å². The molecule has 26 heavy (non-hydrogen) atoms. The average molecular weight is 365 g/mol. The fraction of sp³-hybridized carbons (Fsp3) is 0.278. The Bertz CT molecular complexity index is 827. The number of nitrogens with zero attached hydrogens (tertiary/aromatic N) is 2. The summed E-state index contributed by atoms with van der Waals surface area (Å²) >= 11 is 0. The van der Waals surface area contributed by atoms with Crippen molar-refractivity contribution in [3.8, 4) is 0 Å². The predicted molar refractivity (Wildman–Crippen MR) is 90.1 cm³/mol. The molecule has 2 aromatic rings. The molecular formula is C18H18F3N3O2. The van der Waals surface area contributed by atoms with Crippen molar-refractivity contribution in [3.05, 3.63) is 59.2 Å². The Labute approximate surface area is 148 Å². The number of nitrogens with one attached hydrogen (secondary N) is 1. The van der Waals surface area contributed by atoms with Crippen LogP contribution in [0.25, 0.3) is 0 Å². The van der Waals surface area contributed by atoms with Gasteiger partial charge in [-0.1, -0.05) is 13.0 Å². The second kappa shape index (κ2) is 8.46. The number of amides is 2. The molecule has 0 radical (unpaired) electrons. The first kappa shape index (κ1) is 19.4. The van der Waals surface area contributed by atoms with Crippen LogP contribution in [-0.4, -0.2) is 34.8 Å². The maximum atomic E-state index is 13.7. The minimum atomic E-state index is -1.67. The molecule has 0 aliphatic heterocycles. The average Bonchev–Trinajstić information content (AvgIpc) is 2.61. The fourth-order valence-corrected chi connectivity index (χ4v) is 2.33. The molecule has 1 heterocycles. The molecule has 0 aliphatic carbocycles. The first-order valence-corrected chi connectivity index (χ1v) is 7.99. The number of benzene rings is 1. The van der Waals surface area contributed by atoms with Gasteiger partial charge >= 0.3 is 0 Å². The van der Waals surface area contributed by atoms with E-state index >= 15 is 0 Å². The number of pyridine rings is 1. The normalized spacial score (nSPS) is 10.5. The van der Waals surface area contributed by atoms with Gasteiger partial charge in [-0.05, 0) is 37.6 Å². The first-order valence-electron chi connectivity index (χ1n) is 7.99. The highest BCUT2D eigenvalue weighted by molar-refractivity contribution is 5.98. The Balaban J connectivity index is 2.13. The molecule has 0 bridgehead atoms. The number of hydrogen-bond donors (Lipinski definition) is 1. The lowest BCUT2D eigenvalue weighted by Gasteiger charge is -2.21. The number of carbonyl (C=O) groups excluding carboxylic acids is 2. The standard InChI is InChI=1S/C18H18F3N3O2/c1-3-9-24(18(26)14-6-4-5-11(2)22-14)10-15(25)23-13-8-7-12(19)16(20)17(13)21/h4-8H,3,9-10H2,1-2H3,(H,23,25). The molecule has 2 rings (SSSR count). The summed E-state index contributed by atoms with van der Waals surface area (Å²) in [7, 11) is 0. The van der Waals surface area contributed by atoms with Crippen LogP contribution in [0.3, 0.4) is 0 Å². The zero-order valence-corrected chi connectivity index (χ0v) is 14.4. The van der Waals surface area contributed by atoms with Crippen molar-refractivity contribution in [3.63, 3.8) is 0 Å². The molecule has 0 saturated carbocycles. The molecule has 0 saturated heterocycles. The number of rotatable bonds is 6. The van der Waals surface area contributed by atoms with Gasteiger partial charge in [-0.3, -0.25) is 9.59 Å². The van der Waals surface area contributed by atoms with Gasteiger partial charge in [-0.15, -0.1) is 0 Å². The number of halogens is 3. The van der Waals surface area contributed by atoms with E-state index in [0.717, 1.165) is 6.07 Å². The van der Waals surface area contributed by atoms with Gasteiger partial charge in [-0.2, -0.15) is 0 Å². The molecule has 1 aromatic carbocycles. The van der Waals surface area contributed by atoms with E-state index in [2.05, 4.69) is 10.3 Å². The lowest BCUT2D eigenvalue weighted by molar-refractivity contribution is -0.116. The maximum Gasteiger partial charge on any atom is 0.272 e. The van der Waals surface area contributed by atoms with Crippen molar-refractivity contribution < 1.29 is 22.8 Å². The van der Waals surface area contributed by atoms with E-state index < -0.39 is 35.0 Å². The van der Waals surface area contributed by atoms with Crippen molar-refractivity contribution in [1.82, 2.24) is 9.88 Å². The van der Waals surface area contributed by atoms with E-state index in [0.29, 0.717) is 18.2 Å². The largest absolute Gasteiger partial charge is 0.328 e. The second-order valence-electron chi connectivity index (χ2n) is 5.66. The molecule has 2 amide bonds. The van der Waals surface area contributed by atoms with Gasteiger partial charge in [0.25, 0.3) is 5.91 Å². The summed E-state index contributed by atoms with van der Waals surface area (Å²) in [5.74, 6) is -5.70. The summed E-state index contributed by atoms with van der Waals surface area (Å²) in [6, 6.07) is 6.57. The molecule has 138 valence electrons. The van der Waals surface area contributed by atoms with Gasteiger partial charge < -0.3 is 10.2 Å². The number of hydrogen-bond acceptors (Lipinski definition) is 3. The lowest BCUT2D eigenvalue weighted by atomic mass is 10.2. The summed E-state index contributed by atoms with van der Waals surface area (Å²) < 4.78 is 39.8. The molecule has 1 aromatic heterocycles. The highest BCUT2D eigenvalue weighted by Gasteiger charge is 2.21. The van der Waals surface area contributed by atoms with Crippen molar-refractivity contribution in [2.45, 2.75) is 20.3 Å². The molecule has 0 unspecified atom stereocenters. The summed E-state index contributed by atoms with van der Waals surface area (Å²) in [5, 5.41) is 2.15. The first-order chi connectivity index (χ1) is 12.3. The van der Waals surface area contributed by atoms with Crippen LogP contribution in [0.2, 0.25) is 0 Å². The van der Waals surface area contributed by atoms with E-state index in [9.17, 15) is 22.8 Å². The highest BCUT2D eigenvalue weighted by atomic mass is 19.2. The van der Waals surface area contributed by atoms with E-state index in [4.69, 9.17) is 0 Å². The Morgan fingerprint density at radius 1 is 1.12 bits per heavy atom. The Kier molecular flexibility index (Phi) is 6.32. The van der Waals surface area contributed by atoms with Crippen LogP contribution in [-0.2, 0) is 4.79 Å². The third-order valence-electron chi connectivity index (χ3n) is 3.53. The SMILES string of the molecule is CCCN(CC(=O)Nc1ccc(F)c(F)c1F)C(=O)c1cccc(C)n1. The molecule has 0 spiro atoms. The van der Waals surface area contributed by atoms with Crippen molar-refractivity contribution in [2.75, 3.05) is 18.4 Å². The number of aryl methyl sites for hydroxylation is 1. The predicted octanol–water partition coefficient (Wildman–Crippen LogP) is 3.30. The van der Waals surface area contributed by atoms with E-state index in [1.165, 1.54) is 11.0 Å². The molecule has 0 aliphatic rings. The smallest absolute Gasteiger partial charge is 0.272 e. The molecule has 8 heteroatoms. The molecule has 1 N–H and O–H groups in total. The zero-order valence-electron chi connectivity index (χ0n) is 14.4. The zero-order chi connectivity index (χ0) is 19.3. The van der Waals surface area contributed by atoms with E-state index in [1.807, 2.05) is 6.92 Å². The summed E-state index contributed by atoms with van der Waals surface area (Å²) in [6.07, 6.45) is 0.588.